The van der Waals surface area contributed by atoms with Gasteiger partial charge in [-0.15, -0.1) is 0 Å². The number of fused-ring (bicyclic) bond motifs is 3. The maximum Gasteiger partial charge on any atom is 0.495 e. The summed E-state index contributed by atoms with van der Waals surface area (Å²) in [5.41, 5.74) is 1.72. The van der Waals surface area contributed by atoms with Gasteiger partial charge in [-0.2, -0.15) is 0 Å². The van der Waals surface area contributed by atoms with E-state index >= 15 is 0 Å². The van der Waals surface area contributed by atoms with E-state index in [4.69, 9.17) is 14.0 Å². The van der Waals surface area contributed by atoms with E-state index < -0.39 is 18.3 Å². The zero-order valence-electron chi connectivity index (χ0n) is 15.9. The fourth-order valence-corrected chi connectivity index (χ4v) is 3.87. The molecule has 0 unspecified atom stereocenters. The quantitative estimate of drug-likeness (QED) is 0.734. The van der Waals surface area contributed by atoms with E-state index in [0.717, 1.165) is 17.4 Å². The average Bonchev–Trinajstić information content (AvgIpc) is 2.90. The SMILES string of the molecule is Cc1cc2c(cc1B1OC(C)(C)C(C)(C)O1)C(=O)N1C[C@H](C[C@@H]1C)O2. The van der Waals surface area contributed by atoms with Gasteiger partial charge in [0.1, 0.15) is 11.9 Å². The van der Waals surface area contributed by atoms with Crippen molar-refractivity contribution in [2.75, 3.05) is 6.54 Å². The van der Waals surface area contributed by atoms with Gasteiger partial charge in [-0.25, -0.2) is 0 Å². The summed E-state index contributed by atoms with van der Waals surface area (Å²) in [6.07, 6.45) is 0.978. The van der Waals surface area contributed by atoms with E-state index in [1.54, 1.807) is 0 Å². The fraction of sp³-hybridized carbons (Fsp3) is 0.632. The van der Waals surface area contributed by atoms with Gasteiger partial charge < -0.3 is 18.9 Å². The van der Waals surface area contributed by atoms with Crippen molar-refractivity contribution in [1.82, 2.24) is 4.90 Å². The zero-order valence-corrected chi connectivity index (χ0v) is 15.9. The zero-order chi connectivity index (χ0) is 18.1. The highest BCUT2D eigenvalue weighted by molar-refractivity contribution is 6.62. The molecule has 5 nitrogen and oxygen atoms in total. The minimum atomic E-state index is -0.476. The topological polar surface area (TPSA) is 48.0 Å². The first kappa shape index (κ1) is 16.9. The average molecular weight is 343 g/mol. The molecule has 134 valence electrons. The number of amides is 1. The van der Waals surface area contributed by atoms with Crippen LogP contribution >= 0.6 is 0 Å². The summed E-state index contributed by atoms with van der Waals surface area (Å²) in [7, 11) is -0.476. The number of rotatable bonds is 1. The molecule has 2 bridgehead atoms. The molecular formula is C19H26BNO4. The number of aryl methyl sites for hydroxylation is 1. The highest BCUT2D eigenvalue weighted by Crippen LogP contribution is 2.38. The lowest BCUT2D eigenvalue weighted by Crippen LogP contribution is -2.41. The van der Waals surface area contributed by atoms with E-state index in [9.17, 15) is 4.79 Å². The molecule has 2 saturated heterocycles. The third-order valence-electron chi connectivity index (χ3n) is 6.20. The number of carbonyl (C=O) groups is 1. The van der Waals surface area contributed by atoms with Crippen LogP contribution in [-0.2, 0) is 9.31 Å². The normalized spacial score (nSPS) is 29.4. The van der Waals surface area contributed by atoms with Crippen LogP contribution < -0.4 is 10.2 Å². The number of benzene rings is 1. The molecule has 3 aliphatic heterocycles. The molecule has 1 aromatic rings. The van der Waals surface area contributed by atoms with Crippen molar-refractivity contribution in [3.05, 3.63) is 23.3 Å². The van der Waals surface area contributed by atoms with Crippen LogP contribution in [0.3, 0.4) is 0 Å². The van der Waals surface area contributed by atoms with E-state index in [-0.39, 0.29) is 18.1 Å². The third-order valence-corrected chi connectivity index (χ3v) is 6.20. The minimum absolute atomic E-state index is 0.0419. The number of carbonyl (C=O) groups excluding carboxylic acids is 1. The van der Waals surface area contributed by atoms with Gasteiger partial charge in [0.2, 0.25) is 0 Å². The molecule has 0 N–H and O–H groups in total. The number of hydrogen-bond acceptors (Lipinski definition) is 4. The van der Waals surface area contributed by atoms with Crippen LogP contribution in [-0.4, -0.2) is 47.8 Å². The summed E-state index contributed by atoms with van der Waals surface area (Å²) in [5, 5.41) is 0. The second-order valence-electron chi connectivity index (χ2n) is 8.58. The molecule has 3 aliphatic rings. The molecule has 3 heterocycles. The van der Waals surface area contributed by atoms with Crippen LogP contribution in [0.25, 0.3) is 0 Å². The van der Waals surface area contributed by atoms with Gasteiger partial charge in [-0.05, 0) is 64.7 Å². The molecule has 0 aromatic heterocycles. The van der Waals surface area contributed by atoms with E-state index in [2.05, 4.69) is 6.92 Å². The van der Waals surface area contributed by atoms with Crippen molar-refractivity contribution >= 4 is 18.5 Å². The summed E-state index contributed by atoms with van der Waals surface area (Å²) in [4.78, 5) is 14.9. The summed E-state index contributed by atoms with van der Waals surface area (Å²) in [6, 6.07) is 4.08. The Morgan fingerprint density at radius 3 is 2.44 bits per heavy atom. The van der Waals surface area contributed by atoms with Gasteiger partial charge in [-0.3, -0.25) is 4.79 Å². The van der Waals surface area contributed by atoms with Crippen LogP contribution in [0.5, 0.6) is 5.75 Å². The number of hydrogen-bond donors (Lipinski definition) is 0. The molecule has 2 atom stereocenters. The second-order valence-corrected chi connectivity index (χ2v) is 8.58. The lowest BCUT2D eigenvalue weighted by molar-refractivity contribution is 0.00578. The van der Waals surface area contributed by atoms with Crippen molar-refractivity contribution in [3.63, 3.8) is 0 Å². The predicted octanol–water partition coefficient (Wildman–Crippen LogP) is 2.29. The molecular weight excluding hydrogens is 317 g/mol. The Balaban J connectivity index is 1.75. The van der Waals surface area contributed by atoms with Gasteiger partial charge in [0, 0.05) is 12.5 Å². The standard InChI is InChI=1S/C19H26BNO4/c1-11-7-16-14(17(22)21-10-13(23-16)8-12(21)2)9-15(11)20-24-18(3,4)19(5,6)25-20/h7,9,12-13H,8,10H2,1-6H3/t12-,13-/m0/s1. The molecule has 0 spiro atoms. The molecule has 6 heteroatoms. The molecule has 25 heavy (non-hydrogen) atoms. The predicted molar refractivity (Wildman–Crippen MR) is 96.4 cm³/mol. The maximum absolute atomic E-state index is 13.0. The van der Waals surface area contributed by atoms with Crippen molar-refractivity contribution in [2.45, 2.75) is 71.3 Å². The van der Waals surface area contributed by atoms with Gasteiger partial charge >= 0.3 is 7.12 Å². The first-order valence-electron chi connectivity index (χ1n) is 9.07. The van der Waals surface area contributed by atoms with Crippen molar-refractivity contribution in [2.24, 2.45) is 0 Å². The lowest BCUT2D eigenvalue weighted by Gasteiger charge is -2.32. The summed E-state index contributed by atoms with van der Waals surface area (Å²) < 4.78 is 18.5. The Bertz CT molecular complexity index is 729. The molecule has 0 radical (unpaired) electrons. The Morgan fingerprint density at radius 1 is 1.16 bits per heavy atom. The second kappa shape index (κ2) is 5.24. The van der Waals surface area contributed by atoms with Gasteiger partial charge in [-0.1, -0.05) is 0 Å². The lowest BCUT2D eigenvalue weighted by atomic mass is 9.75. The Hall–Kier alpha value is -1.53. The van der Waals surface area contributed by atoms with Crippen molar-refractivity contribution < 1.29 is 18.8 Å². The van der Waals surface area contributed by atoms with Crippen LogP contribution in [0.1, 0.15) is 57.0 Å². The first-order chi connectivity index (χ1) is 11.6. The van der Waals surface area contributed by atoms with Crippen molar-refractivity contribution in [3.8, 4) is 5.75 Å². The van der Waals surface area contributed by atoms with E-state index in [0.29, 0.717) is 17.9 Å². The number of nitrogens with zero attached hydrogens (tertiary/aromatic N) is 1. The largest absolute Gasteiger partial charge is 0.495 e. The number of ether oxygens (including phenoxy) is 1. The van der Waals surface area contributed by atoms with Crippen LogP contribution in [0.4, 0.5) is 0 Å². The molecule has 1 amide bonds. The van der Waals surface area contributed by atoms with Crippen LogP contribution in [0.15, 0.2) is 12.1 Å². The summed E-state index contributed by atoms with van der Waals surface area (Å²) in [6.45, 7) is 12.9. The van der Waals surface area contributed by atoms with Gasteiger partial charge in [0.25, 0.3) is 5.91 Å². The van der Waals surface area contributed by atoms with Crippen LogP contribution in [0.2, 0.25) is 0 Å². The maximum atomic E-state index is 13.0. The molecule has 1 aromatic carbocycles. The van der Waals surface area contributed by atoms with E-state index in [1.807, 2.05) is 51.7 Å². The Labute approximate surface area is 149 Å². The van der Waals surface area contributed by atoms with Crippen molar-refractivity contribution in [1.29, 1.82) is 0 Å². The first-order valence-corrected chi connectivity index (χ1v) is 9.07. The monoisotopic (exact) mass is 343 g/mol. The fourth-order valence-electron chi connectivity index (χ4n) is 3.87. The van der Waals surface area contributed by atoms with Gasteiger partial charge in [0.15, 0.2) is 0 Å². The van der Waals surface area contributed by atoms with Gasteiger partial charge in [0.05, 0.1) is 23.3 Å². The highest BCUT2D eigenvalue weighted by Gasteiger charge is 2.52. The highest BCUT2D eigenvalue weighted by atomic mass is 16.7. The smallest absolute Gasteiger partial charge is 0.488 e. The molecule has 0 saturated carbocycles. The molecule has 0 aliphatic carbocycles. The summed E-state index contributed by atoms with van der Waals surface area (Å²) in [5.74, 6) is 0.724. The minimum Gasteiger partial charge on any atom is -0.488 e. The Morgan fingerprint density at radius 2 is 1.80 bits per heavy atom. The van der Waals surface area contributed by atoms with Crippen LogP contribution in [0, 0.1) is 6.92 Å². The molecule has 2 fully saturated rings. The van der Waals surface area contributed by atoms with E-state index in [1.165, 1.54) is 0 Å². The molecule has 4 rings (SSSR count). The third kappa shape index (κ3) is 2.49. The summed E-state index contributed by atoms with van der Waals surface area (Å²) >= 11 is 0. The Kier molecular flexibility index (Phi) is 3.55.